The third-order valence-corrected chi connectivity index (χ3v) is 8.53. The summed E-state index contributed by atoms with van der Waals surface area (Å²) in [6.07, 6.45) is 7.47. The van der Waals surface area contributed by atoms with E-state index >= 15 is 0 Å². The van der Waals surface area contributed by atoms with Gasteiger partial charge in [-0.25, -0.2) is 4.98 Å². The molecule has 7 nitrogen and oxygen atoms in total. The number of thioether (sulfide) groups is 1. The number of hydrogen-bond donors (Lipinski definition) is 1. The first-order valence-electron chi connectivity index (χ1n) is 11.9. The summed E-state index contributed by atoms with van der Waals surface area (Å²) in [6.45, 7) is 1.28. The number of methoxy groups -OCH3 is 1. The molecule has 0 spiro atoms. The molecule has 0 saturated carbocycles. The number of nitrogens with zero attached hydrogens (tertiary/aromatic N) is 2. The number of rotatable bonds is 7. The van der Waals surface area contributed by atoms with E-state index in [-0.39, 0.29) is 23.3 Å². The van der Waals surface area contributed by atoms with E-state index in [1.54, 1.807) is 23.0 Å². The van der Waals surface area contributed by atoms with Crippen molar-refractivity contribution in [1.29, 1.82) is 0 Å². The van der Waals surface area contributed by atoms with Gasteiger partial charge in [-0.05, 0) is 56.2 Å². The van der Waals surface area contributed by atoms with Gasteiger partial charge in [0.2, 0.25) is 5.91 Å². The first-order valence-corrected chi connectivity index (χ1v) is 13.7. The fourth-order valence-electron chi connectivity index (χ4n) is 4.65. The summed E-state index contributed by atoms with van der Waals surface area (Å²) in [5.41, 5.74) is 1.78. The van der Waals surface area contributed by atoms with Crippen LogP contribution in [0.2, 0.25) is 0 Å². The van der Waals surface area contributed by atoms with Crippen molar-refractivity contribution in [2.75, 3.05) is 26.0 Å². The van der Waals surface area contributed by atoms with E-state index in [0.717, 1.165) is 60.9 Å². The summed E-state index contributed by atoms with van der Waals surface area (Å²) in [6, 6.07) is 7.43. The van der Waals surface area contributed by atoms with E-state index < -0.39 is 0 Å². The smallest absolute Gasteiger partial charge is 0.267 e. The highest BCUT2D eigenvalue weighted by atomic mass is 32.2. The molecule has 1 unspecified atom stereocenters. The number of carbonyl (C=O) groups is 1. The van der Waals surface area contributed by atoms with Gasteiger partial charge in [-0.1, -0.05) is 24.2 Å². The molecular formula is C25H29N3O4S2. The molecule has 5 rings (SSSR count). The lowest BCUT2D eigenvalue weighted by atomic mass is 10.1. The quantitative estimate of drug-likeness (QED) is 0.299. The summed E-state index contributed by atoms with van der Waals surface area (Å²) in [5.74, 6) is 0.757. The molecule has 3 heterocycles. The summed E-state index contributed by atoms with van der Waals surface area (Å²) in [7, 11) is 1.61. The van der Waals surface area contributed by atoms with E-state index in [4.69, 9.17) is 14.5 Å². The van der Waals surface area contributed by atoms with E-state index in [0.29, 0.717) is 23.1 Å². The minimum atomic E-state index is -0.0889. The Morgan fingerprint density at radius 1 is 1.29 bits per heavy atom. The highest BCUT2D eigenvalue weighted by Crippen LogP contribution is 2.35. The van der Waals surface area contributed by atoms with Crippen LogP contribution in [0, 0.1) is 0 Å². The second kappa shape index (κ2) is 10.5. The topological polar surface area (TPSA) is 82.4 Å². The summed E-state index contributed by atoms with van der Waals surface area (Å²) in [4.78, 5) is 33.4. The summed E-state index contributed by atoms with van der Waals surface area (Å²) < 4.78 is 12.6. The number of amides is 1. The van der Waals surface area contributed by atoms with Crippen molar-refractivity contribution >= 4 is 39.2 Å². The molecule has 1 aromatic carbocycles. The maximum absolute atomic E-state index is 13.9. The van der Waals surface area contributed by atoms with Crippen molar-refractivity contribution in [2.45, 2.75) is 56.2 Å². The Kier molecular flexibility index (Phi) is 7.22. The number of aryl methyl sites for hydroxylation is 2. The van der Waals surface area contributed by atoms with Crippen LogP contribution in [0.5, 0.6) is 5.75 Å². The highest BCUT2D eigenvalue weighted by molar-refractivity contribution is 7.99. The average Bonchev–Trinajstić information content (AvgIpc) is 3.43. The lowest BCUT2D eigenvalue weighted by molar-refractivity contribution is -0.119. The molecule has 2 aliphatic rings. The van der Waals surface area contributed by atoms with Crippen LogP contribution in [0.3, 0.4) is 0 Å². The molecular weight excluding hydrogens is 470 g/mol. The van der Waals surface area contributed by atoms with Crippen LogP contribution in [0.25, 0.3) is 15.9 Å². The molecule has 2 aromatic heterocycles. The first kappa shape index (κ1) is 23.4. The zero-order valence-corrected chi connectivity index (χ0v) is 20.9. The Bertz CT molecular complexity index is 1250. The van der Waals surface area contributed by atoms with Gasteiger partial charge in [0.25, 0.3) is 5.56 Å². The summed E-state index contributed by atoms with van der Waals surface area (Å²) >= 11 is 2.92. The van der Waals surface area contributed by atoms with Gasteiger partial charge >= 0.3 is 0 Å². The SMILES string of the molecule is COc1cccc(-n2c(SCC(=O)NCC3CCCO3)nc3sc4c(c3c2=O)CCCCC4)c1. The number of thiophene rings is 1. The van der Waals surface area contributed by atoms with Gasteiger partial charge in [-0.3, -0.25) is 14.2 Å². The van der Waals surface area contributed by atoms with Gasteiger partial charge in [0, 0.05) is 24.1 Å². The molecule has 1 atom stereocenters. The van der Waals surface area contributed by atoms with Crippen molar-refractivity contribution in [3.8, 4) is 11.4 Å². The Labute approximate surface area is 206 Å². The van der Waals surface area contributed by atoms with E-state index in [1.807, 2.05) is 24.3 Å². The zero-order chi connectivity index (χ0) is 23.5. The number of benzene rings is 1. The average molecular weight is 500 g/mol. The van der Waals surface area contributed by atoms with Gasteiger partial charge in [-0.15, -0.1) is 11.3 Å². The highest BCUT2D eigenvalue weighted by Gasteiger charge is 2.23. The molecule has 1 amide bonds. The number of aromatic nitrogens is 2. The van der Waals surface area contributed by atoms with Crippen molar-refractivity contribution in [3.63, 3.8) is 0 Å². The van der Waals surface area contributed by atoms with Gasteiger partial charge in [0.15, 0.2) is 5.16 Å². The normalized spacial score (nSPS) is 18.0. The number of hydrogen-bond acceptors (Lipinski definition) is 7. The molecule has 9 heteroatoms. The molecule has 180 valence electrons. The molecule has 1 aliphatic carbocycles. The van der Waals surface area contributed by atoms with Crippen molar-refractivity contribution in [3.05, 3.63) is 45.1 Å². The van der Waals surface area contributed by atoms with Crippen LogP contribution in [0.15, 0.2) is 34.2 Å². The molecule has 1 aliphatic heterocycles. The lowest BCUT2D eigenvalue weighted by Crippen LogP contribution is -2.33. The van der Waals surface area contributed by atoms with Gasteiger partial charge in [0.1, 0.15) is 10.6 Å². The molecule has 1 N–H and O–H groups in total. The van der Waals surface area contributed by atoms with Crippen LogP contribution < -0.4 is 15.6 Å². The second-order valence-electron chi connectivity index (χ2n) is 8.71. The largest absolute Gasteiger partial charge is 0.497 e. The van der Waals surface area contributed by atoms with E-state index in [9.17, 15) is 9.59 Å². The van der Waals surface area contributed by atoms with Gasteiger partial charge < -0.3 is 14.8 Å². The number of fused-ring (bicyclic) bond motifs is 3. The Balaban J connectivity index is 1.50. The van der Waals surface area contributed by atoms with Crippen LogP contribution in [-0.4, -0.2) is 47.6 Å². The Morgan fingerprint density at radius 2 is 2.18 bits per heavy atom. The lowest BCUT2D eigenvalue weighted by Gasteiger charge is -2.14. The molecule has 1 saturated heterocycles. The number of nitrogens with one attached hydrogen (secondary N) is 1. The Morgan fingerprint density at radius 3 is 3.00 bits per heavy atom. The summed E-state index contributed by atoms with van der Waals surface area (Å²) in [5, 5.41) is 4.21. The van der Waals surface area contributed by atoms with Crippen LogP contribution in [0.1, 0.15) is 42.5 Å². The van der Waals surface area contributed by atoms with E-state index in [1.165, 1.54) is 23.1 Å². The molecule has 3 aromatic rings. The third kappa shape index (κ3) is 4.87. The fourth-order valence-corrected chi connectivity index (χ4v) is 6.80. The van der Waals surface area contributed by atoms with Crippen LogP contribution in [-0.2, 0) is 22.4 Å². The fraction of sp³-hybridized carbons (Fsp3) is 0.480. The van der Waals surface area contributed by atoms with Crippen LogP contribution in [0.4, 0.5) is 0 Å². The first-order chi connectivity index (χ1) is 16.6. The molecule has 34 heavy (non-hydrogen) atoms. The van der Waals surface area contributed by atoms with Gasteiger partial charge in [-0.2, -0.15) is 0 Å². The maximum Gasteiger partial charge on any atom is 0.267 e. The predicted octanol–water partition coefficient (Wildman–Crippen LogP) is 4.11. The maximum atomic E-state index is 13.9. The van der Waals surface area contributed by atoms with E-state index in [2.05, 4.69) is 5.32 Å². The number of ether oxygens (including phenoxy) is 2. The monoisotopic (exact) mass is 499 g/mol. The van der Waals surface area contributed by atoms with Crippen LogP contribution >= 0.6 is 23.1 Å². The third-order valence-electron chi connectivity index (χ3n) is 6.40. The molecule has 0 radical (unpaired) electrons. The zero-order valence-electron chi connectivity index (χ0n) is 19.3. The predicted molar refractivity (Wildman–Crippen MR) is 136 cm³/mol. The molecule has 1 fully saturated rings. The minimum Gasteiger partial charge on any atom is -0.497 e. The van der Waals surface area contributed by atoms with Crippen molar-refractivity contribution < 1.29 is 14.3 Å². The Hall–Kier alpha value is -2.36. The van der Waals surface area contributed by atoms with Crippen molar-refractivity contribution in [1.82, 2.24) is 14.9 Å². The second-order valence-corrected chi connectivity index (χ2v) is 10.7. The molecule has 0 bridgehead atoms. The van der Waals surface area contributed by atoms with Gasteiger partial charge in [0.05, 0.1) is 30.0 Å². The van der Waals surface area contributed by atoms with Crippen molar-refractivity contribution in [2.24, 2.45) is 0 Å². The minimum absolute atomic E-state index is 0.0695. The number of carbonyl (C=O) groups excluding carboxylic acids is 1. The standard InChI is InChI=1S/C25H29N3O4S2/c1-31-17-8-5-7-16(13-17)28-24(30)22-19-10-3-2-4-11-20(19)34-23(22)27-25(28)33-15-21(29)26-14-18-9-6-12-32-18/h5,7-8,13,18H,2-4,6,9-12,14-15H2,1H3,(H,26,29).